The van der Waals surface area contributed by atoms with E-state index >= 15 is 0 Å². The van der Waals surface area contributed by atoms with E-state index in [1.165, 1.54) is 0 Å². The average Bonchev–Trinajstić information content (AvgIpc) is 3.36. The molecule has 1 heterocycles. The van der Waals surface area contributed by atoms with Gasteiger partial charge in [0.25, 0.3) is 0 Å². The summed E-state index contributed by atoms with van der Waals surface area (Å²) in [5, 5.41) is 25.9. The number of esters is 1. The molecule has 8 heteroatoms. The largest absolute Gasteiger partial charge is 0.437 e. The number of ether oxygens (including phenoxy) is 2. The van der Waals surface area contributed by atoms with Gasteiger partial charge < -0.3 is 25.4 Å². The molecule has 0 radical (unpaired) electrons. The molecule has 37 heavy (non-hydrogen) atoms. The van der Waals surface area contributed by atoms with E-state index in [4.69, 9.17) is 20.3 Å². The van der Waals surface area contributed by atoms with E-state index < -0.39 is 17.6 Å². The van der Waals surface area contributed by atoms with Crippen molar-refractivity contribution in [2.45, 2.75) is 70.8 Å². The molecular weight excluding hydrogens is 470 g/mol. The standard InChI is InChI=1S/C29H37N3O5/c1-19(2)27(30)28(34)37-18-36-24-12-14-29(35,15-13-24)26-16-25(22-8-4-20(3)5-9-22)32(31-26)23-10-6-21(17-33)7-11-23/h4-11,16,19,24,27,33,35H,12-15,17-18,30H2,1-3H3. The predicted octanol–water partition coefficient (Wildman–Crippen LogP) is 3.97. The van der Waals surface area contributed by atoms with Gasteiger partial charge in [-0.1, -0.05) is 55.8 Å². The van der Waals surface area contributed by atoms with Crippen molar-refractivity contribution < 1.29 is 24.5 Å². The van der Waals surface area contributed by atoms with E-state index in [0.29, 0.717) is 31.4 Å². The van der Waals surface area contributed by atoms with Gasteiger partial charge in [-0.15, -0.1) is 0 Å². The summed E-state index contributed by atoms with van der Waals surface area (Å²) in [6, 6.07) is 17.1. The van der Waals surface area contributed by atoms with Crippen molar-refractivity contribution in [1.29, 1.82) is 0 Å². The zero-order chi connectivity index (χ0) is 26.6. The summed E-state index contributed by atoms with van der Waals surface area (Å²) in [6.45, 7) is 5.61. The molecule has 0 amide bonds. The maximum atomic E-state index is 11.9. The summed E-state index contributed by atoms with van der Waals surface area (Å²) in [5.74, 6) is -0.474. The number of carbonyl (C=O) groups is 1. The summed E-state index contributed by atoms with van der Waals surface area (Å²) < 4.78 is 12.8. The van der Waals surface area contributed by atoms with E-state index in [1.54, 1.807) is 0 Å². The highest BCUT2D eigenvalue weighted by Crippen LogP contribution is 2.39. The van der Waals surface area contributed by atoms with Gasteiger partial charge in [0.2, 0.25) is 0 Å². The highest BCUT2D eigenvalue weighted by Gasteiger charge is 2.38. The Hall–Kier alpha value is -3.04. The van der Waals surface area contributed by atoms with Gasteiger partial charge in [0.1, 0.15) is 11.6 Å². The zero-order valence-corrected chi connectivity index (χ0v) is 21.8. The molecule has 0 saturated heterocycles. The molecule has 0 bridgehead atoms. The zero-order valence-electron chi connectivity index (χ0n) is 21.8. The van der Waals surface area contributed by atoms with Crippen LogP contribution >= 0.6 is 0 Å². The molecule has 1 unspecified atom stereocenters. The van der Waals surface area contributed by atoms with Gasteiger partial charge in [-0.2, -0.15) is 5.10 Å². The molecule has 1 atom stereocenters. The highest BCUT2D eigenvalue weighted by atomic mass is 16.7. The molecule has 198 valence electrons. The van der Waals surface area contributed by atoms with E-state index in [-0.39, 0.29) is 25.4 Å². The Morgan fingerprint density at radius 3 is 2.38 bits per heavy atom. The molecule has 0 spiro atoms. The first-order chi connectivity index (χ1) is 17.7. The van der Waals surface area contributed by atoms with Gasteiger partial charge in [-0.25, -0.2) is 4.68 Å². The topological polar surface area (TPSA) is 120 Å². The first-order valence-electron chi connectivity index (χ1n) is 12.8. The first-order valence-corrected chi connectivity index (χ1v) is 12.8. The molecule has 1 aliphatic carbocycles. The summed E-state index contributed by atoms with van der Waals surface area (Å²) in [6.07, 6.45) is 2.06. The number of aromatic nitrogens is 2. The van der Waals surface area contributed by atoms with Gasteiger partial charge >= 0.3 is 5.97 Å². The number of rotatable bonds is 9. The number of hydrogen-bond donors (Lipinski definition) is 3. The molecule has 1 fully saturated rings. The molecule has 2 aromatic carbocycles. The Morgan fingerprint density at radius 1 is 1.14 bits per heavy atom. The average molecular weight is 508 g/mol. The van der Waals surface area contributed by atoms with E-state index in [9.17, 15) is 15.0 Å². The number of carbonyl (C=O) groups excluding carboxylic acids is 1. The summed E-state index contributed by atoms with van der Waals surface area (Å²) in [4.78, 5) is 11.9. The van der Waals surface area contributed by atoms with Crippen LogP contribution in [0, 0.1) is 12.8 Å². The minimum Gasteiger partial charge on any atom is -0.437 e. The number of aryl methyl sites for hydroxylation is 1. The van der Waals surface area contributed by atoms with E-state index in [0.717, 1.165) is 28.1 Å². The van der Waals surface area contributed by atoms with Gasteiger partial charge in [0, 0.05) is 5.56 Å². The molecule has 8 nitrogen and oxygen atoms in total. The minimum absolute atomic E-state index is 0.00518. The van der Waals surface area contributed by atoms with Gasteiger partial charge in [-0.3, -0.25) is 4.79 Å². The number of aliphatic hydroxyl groups is 2. The fourth-order valence-corrected chi connectivity index (χ4v) is 4.53. The lowest BCUT2D eigenvalue weighted by Gasteiger charge is -2.34. The lowest BCUT2D eigenvalue weighted by Crippen LogP contribution is -2.38. The van der Waals surface area contributed by atoms with E-state index in [1.807, 2.05) is 55.8 Å². The quantitative estimate of drug-likeness (QED) is 0.296. The van der Waals surface area contributed by atoms with Crippen molar-refractivity contribution in [3.05, 3.63) is 71.4 Å². The third kappa shape index (κ3) is 6.27. The summed E-state index contributed by atoms with van der Waals surface area (Å²) in [5.41, 5.74) is 10.0. The van der Waals surface area contributed by atoms with Crippen molar-refractivity contribution in [2.24, 2.45) is 11.7 Å². The Bertz CT molecular complexity index is 1180. The van der Waals surface area contributed by atoms with Crippen LogP contribution < -0.4 is 5.73 Å². The number of hydrogen-bond acceptors (Lipinski definition) is 7. The summed E-state index contributed by atoms with van der Waals surface area (Å²) >= 11 is 0. The molecule has 4 N–H and O–H groups in total. The van der Waals surface area contributed by atoms with Crippen LogP contribution in [0.4, 0.5) is 0 Å². The third-order valence-corrected chi connectivity index (χ3v) is 7.15. The maximum absolute atomic E-state index is 11.9. The molecule has 0 aliphatic heterocycles. The van der Waals surface area contributed by atoms with Crippen LogP contribution in [0.15, 0.2) is 54.6 Å². The van der Waals surface area contributed by atoms with Crippen molar-refractivity contribution in [3.63, 3.8) is 0 Å². The van der Waals surface area contributed by atoms with E-state index in [2.05, 4.69) is 24.3 Å². The number of nitrogens with zero attached hydrogens (tertiary/aromatic N) is 2. The van der Waals surface area contributed by atoms with Crippen molar-refractivity contribution in [1.82, 2.24) is 9.78 Å². The van der Waals surface area contributed by atoms with Gasteiger partial charge in [0.15, 0.2) is 6.79 Å². The van der Waals surface area contributed by atoms with Gasteiger partial charge in [-0.05, 0) is 62.3 Å². The fraction of sp³-hybridized carbons (Fsp3) is 0.448. The third-order valence-electron chi connectivity index (χ3n) is 7.15. The number of aliphatic hydroxyl groups excluding tert-OH is 1. The number of benzene rings is 2. The van der Waals surface area contributed by atoms with Crippen LogP contribution in [0.3, 0.4) is 0 Å². The fourth-order valence-electron chi connectivity index (χ4n) is 4.53. The Labute approximate surface area is 218 Å². The van der Waals surface area contributed by atoms with Crippen molar-refractivity contribution in [2.75, 3.05) is 6.79 Å². The Morgan fingerprint density at radius 2 is 1.78 bits per heavy atom. The molecule has 4 rings (SSSR count). The van der Waals surface area contributed by atoms with Crippen LogP contribution in [0.2, 0.25) is 0 Å². The SMILES string of the molecule is Cc1ccc(-c2cc(C3(O)CCC(OCOC(=O)C(N)C(C)C)CC3)nn2-c2ccc(CO)cc2)cc1. The van der Waals surface area contributed by atoms with Crippen LogP contribution in [-0.2, 0) is 26.5 Å². The lowest BCUT2D eigenvalue weighted by atomic mass is 9.81. The molecule has 1 aliphatic rings. The molecule has 1 aromatic heterocycles. The van der Waals surface area contributed by atoms with Crippen molar-refractivity contribution in [3.8, 4) is 16.9 Å². The highest BCUT2D eigenvalue weighted by molar-refractivity contribution is 5.75. The molecular formula is C29H37N3O5. The minimum atomic E-state index is -1.09. The smallest absolute Gasteiger partial charge is 0.325 e. The van der Waals surface area contributed by atoms with Crippen LogP contribution in [0.1, 0.15) is 56.4 Å². The monoisotopic (exact) mass is 507 g/mol. The number of nitrogens with two attached hydrogens (primary N) is 1. The van der Waals surface area contributed by atoms with Crippen LogP contribution in [-0.4, -0.2) is 44.9 Å². The second kappa shape index (κ2) is 11.6. The second-order valence-electron chi connectivity index (χ2n) is 10.3. The normalized spacial score (nSPS) is 20.7. The molecule has 3 aromatic rings. The van der Waals surface area contributed by atoms with Crippen molar-refractivity contribution >= 4 is 5.97 Å². The first kappa shape index (κ1) is 27.0. The van der Waals surface area contributed by atoms with Crippen LogP contribution in [0.5, 0.6) is 0 Å². The summed E-state index contributed by atoms with van der Waals surface area (Å²) in [7, 11) is 0. The molecule has 1 saturated carbocycles. The Balaban J connectivity index is 1.49. The van der Waals surface area contributed by atoms with Gasteiger partial charge in [0.05, 0.1) is 29.8 Å². The Kier molecular flexibility index (Phi) is 8.44. The predicted molar refractivity (Wildman–Crippen MR) is 141 cm³/mol. The van der Waals surface area contributed by atoms with Crippen LogP contribution in [0.25, 0.3) is 16.9 Å². The lowest BCUT2D eigenvalue weighted by molar-refractivity contribution is -0.168. The second-order valence-corrected chi connectivity index (χ2v) is 10.3. The maximum Gasteiger partial charge on any atom is 0.325 e.